The number of piperazine rings is 1. The van der Waals surface area contributed by atoms with E-state index in [-0.39, 0.29) is 38.2 Å². The van der Waals surface area contributed by atoms with Gasteiger partial charge in [0.15, 0.2) is 0 Å². The molecule has 3 nitrogen and oxygen atoms in total. The second kappa shape index (κ2) is 9.46. The van der Waals surface area contributed by atoms with Gasteiger partial charge in [-0.15, -0.1) is 0 Å². The van der Waals surface area contributed by atoms with Gasteiger partial charge in [-0.2, -0.15) is 27.2 Å². The van der Waals surface area contributed by atoms with Crippen LogP contribution in [0, 0.1) is 5.92 Å². The first-order valence-electron chi connectivity index (χ1n) is 5.92. The zero-order valence-corrected chi connectivity index (χ0v) is 15.0. The Labute approximate surface area is 132 Å². The van der Waals surface area contributed by atoms with Crippen molar-refractivity contribution in [2.75, 3.05) is 26.2 Å². The second-order valence-electron chi connectivity index (χ2n) is 5.74. The third-order valence-corrected chi connectivity index (χ3v) is 2.36. The Morgan fingerprint density at radius 1 is 1.00 bits per heavy atom. The largest absolute Gasteiger partial charge is 0.520 e. The predicted octanol–water partition coefficient (Wildman–Crippen LogP) is 2.09. The fraction of sp³-hybridized carbons (Fsp3) is 0.846. The zero-order valence-electron chi connectivity index (χ0n) is 12.2. The van der Waals surface area contributed by atoms with E-state index >= 15 is 0 Å². The number of hydrogen-bond acceptors (Lipinski definition) is 2. The molecule has 99 valence electrons. The fourth-order valence-electron chi connectivity index (χ4n) is 1.47. The molecule has 0 spiro atoms. The van der Waals surface area contributed by atoms with Crippen LogP contribution in [0.1, 0.15) is 41.5 Å². The molecule has 1 saturated heterocycles. The summed E-state index contributed by atoms with van der Waals surface area (Å²) < 4.78 is 0. The summed E-state index contributed by atoms with van der Waals surface area (Å²) in [4.78, 5) is 14.4. The van der Waals surface area contributed by atoms with Gasteiger partial charge in [-0.25, -0.2) is 0 Å². The van der Waals surface area contributed by atoms with Crippen LogP contribution in [0.2, 0.25) is 0 Å². The van der Waals surface area contributed by atoms with Gasteiger partial charge in [0.1, 0.15) is 0 Å². The van der Waals surface area contributed by atoms with Crippen molar-refractivity contribution in [1.82, 2.24) is 9.80 Å². The molecule has 0 N–H and O–H groups in total. The molecule has 1 rings (SSSR count). The zero-order chi connectivity index (χ0) is 12.8. The smallest absolute Gasteiger partial charge is 0.0138 e. The minimum atomic E-state index is 0. The van der Waals surface area contributed by atoms with Gasteiger partial charge < -0.3 is 15.6 Å². The Bertz CT molecular complexity index is 191. The van der Waals surface area contributed by atoms with E-state index in [4.69, 9.17) is 0 Å². The molecule has 17 heavy (non-hydrogen) atoms. The molecule has 1 amide bonds. The Balaban J connectivity index is 0. The normalized spacial score (nSPS) is 17.0. The van der Waals surface area contributed by atoms with Crippen LogP contribution in [0.25, 0.3) is 0 Å². The molecular weight excluding hydrogens is 289 g/mol. The van der Waals surface area contributed by atoms with Crippen LogP contribution < -0.4 is 0 Å². The van der Waals surface area contributed by atoms with Crippen molar-refractivity contribution in [3.05, 3.63) is 5.92 Å². The monoisotopic (exact) mass is 315 g/mol. The Hall–Kier alpha value is 0.534. The molecule has 1 heterocycles. The maximum Gasteiger partial charge on any atom is 0.0138 e. The SMILES string of the molecule is CC(C)(C)N1CCN([C-]=O)CC1.C[C-](C)C.[Y]. The van der Waals surface area contributed by atoms with Crippen molar-refractivity contribution in [2.45, 2.75) is 47.1 Å². The van der Waals surface area contributed by atoms with Crippen LogP contribution in [-0.2, 0) is 37.5 Å². The second-order valence-corrected chi connectivity index (χ2v) is 5.74. The van der Waals surface area contributed by atoms with Gasteiger partial charge in [0, 0.05) is 64.4 Å². The van der Waals surface area contributed by atoms with E-state index in [0.29, 0.717) is 0 Å². The standard InChI is InChI=1S/C9H17N2O.C4H9.Y/c1-9(2,3)11-6-4-10(8-12)5-7-11;1-4(2)3;/h4-7H2,1-3H3;1-3H3;/q2*-1;. The summed E-state index contributed by atoms with van der Waals surface area (Å²) in [5.41, 5.74) is 0.231. The maximum absolute atomic E-state index is 10.3. The third-order valence-electron chi connectivity index (χ3n) is 2.36. The van der Waals surface area contributed by atoms with Crippen LogP contribution in [0.4, 0.5) is 0 Å². The van der Waals surface area contributed by atoms with Crippen molar-refractivity contribution in [3.63, 3.8) is 0 Å². The van der Waals surface area contributed by atoms with Crippen molar-refractivity contribution in [3.8, 4) is 0 Å². The summed E-state index contributed by atoms with van der Waals surface area (Å²) >= 11 is 0. The fourth-order valence-corrected chi connectivity index (χ4v) is 1.47. The minimum Gasteiger partial charge on any atom is -0.520 e. The summed E-state index contributed by atoms with van der Waals surface area (Å²) in [7, 11) is 0. The molecule has 0 aromatic heterocycles. The van der Waals surface area contributed by atoms with Crippen molar-refractivity contribution < 1.29 is 37.5 Å². The molecule has 0 saturated carbocycles. The molecular formula is C13H26N2OY-2. The minimum absolute atomic E-state index is 0. The Kier molecular flexibility index (Phi) is 11.1. The van der Waals surface area contributed by atoms with E-state index in [0.717, 1.165) is 26.2 Å². The van der Waals surface area contributed by atoms with Crippen LogP contribution in [0.3, 0.4) is 0 Å². The predicted molar refractivity (Wildman–Crippen MR) is 68.9 cm³/mol. The summed E-state index contributed by atoms with van der Waals surface area (Å²) in [6.45, 7) is 16.4. The number of carbonyl (C=O) groups excluding carboxylic acids is 1. The van der Waals surface area contributed by atoms with Crippen molar-refractivity contribution in [2.24, 2.45) is 0 Å². The molecule has 0 unspecified atom stereocenters. The van der Waals surface area contributed by atoms with Crippen LogP contribution in [0.15, 0.2) is 0 Å². The Morgan fingerprint density at radius 2 is 1.35 bits per heavy atom. The number of rotatable bonds is 1. The molecule has 0 aromatic rings. The topological polar surface area (TPSA) is 23.6 Å². The van der Waals surface area contributed by atoms with E-state index in [1.807, 2.05) is 6.41 Å². The molecule has 1 fully saturated rings. The first kappa shape index (κ1) is 19.9. The van der Waals surface area contributed by atoms with E-state index in [1.165, 1.54) is 5.92 Å². The maximum atomic E-state index is 10.3. The molecule has 1 radical (unpaired) electrons. The summed E-state index contributed by atoms with van der Waals surface area (Å²) in [6.07, 6.45) is 1.93. The molecule has 0 atom stereocenters. The van der Waals surface area contributed by atoms with Crippen LogP contribution in [-0.4, -0.2) is 47.9 Å². The number of amides is 1. The van der Waals surface area contributed by atoms with Gasteiger partial charge in [0.25, 0.3) is 0 Å². The van der Waals surface area contributed by atoms with Gasteiger partial charge in [0.2, 0.25) is 0 Å². The van der Waals surface area contributed by atoms with Gasteiger partial charge >= 0.3 is 0 Å². The van der Waals surface area contributed by atoms with Gasteiger partial charge in [0.05, 0.1) is 0 Å². The molecule has 0 aliphatic carbocycles. The summed E-state index contributed by atoms with van der Waals surface area (Å²) in [5, 5.41) is 0. The quantitative estimate of drug-likeness (QED) is 0.692. The van der Waals surface area contributed by atoms with Crippen molar-refractivity contribution >= 4 is 6.41 Å². The van der Waals surface area contributed by atoms with E-state index < -0.39 is 0 Å². The van der Waals surface area contributed by atoms with Gasteiger partial charge in [-0.1, -0.05) is 0 Å². The molecule has 0 bridgehead atoms. The molecule has 1 aliphatic rings. The first-order valence-corrected chi connectivity index (χ1v) is 5.92. The van der Waals surface area contributed by atoms with Crippen LogP contribution in [0.5, 0.6) is 0 Å². The van der Waals surface area contributed by atoms with Gasteiger partial charge in [-0.3, -0.25) is 4.90 Å². The number of hydrogen-bond donors (Lipinski definition) is 0. The average molecular weight is 315 g/mol. The van der Waals surface area contributed by atoms with Gasteiger partial charge in [-0.05, 0) is 20.8 Å². The first-order chi connectivity index (χ1) is 7.27. The molecule has 1 aliphatic heterocycles. The third kappa shape index (κ3) is 10.2. The van der Waals surface area contributed by atoms with E-state index in [2.05, 4.69) is 46.4 Å². The summed E-state index contributed by atoms with van der Waals surface area (Å²) in [6, 6.07) is 0. The van der Waals surface area contributed by atoms with Crippen molar-refractivity contribution in [1.29, 1.82) is 0 Å². The molecule has 0 aromatic carbocycles. The number of nitrogens with zero attached hydrogens (tertiary/aromatic N) is 2. The van der Waals surface area contributed by atoms with E-state index in [1.54, 1.807) is 4.90 Å². The van der Waals surface area contributed by atoms with Crippen LogP contribution >= 0.6 is 0 Å². The summed E-state index contributed by atoms with van der Waals surface area (Å²) in [5.74, 6) is 1.42. The molecule has 4 heteroatoms. The average Bonchev–Trinajstić information content (AvgIpc) is 2.16. The van der Waals surface area contributed by atoms with E-state index in [9.17, 15) is 4.79 Å². The Morgan fingerprint density at radius 3 is 1.59 bits per heavy atom.